The van der Waals surface area contributed by atoms with E-state index in [9.17, 15) is 4.39 Å². The molecule has 0 aromatic rings. The van der Waals surface area contributed by atoms with Gasteiger partial charge in [0.15, 0.2) is 0 Å². The van der Waals surface area contributed by atoms with E-state index in [2.05, 4.69) is 0 Å². The summed E-state index contributed by atoms with van der Waals surface area (Å²) in [4.78, 5) is 1.78. The third kappa shape index (κ3) is 2.75. The fraction of sp³-hybridized carbons (Fsp3) is 1.00. The average Bonchev–Trinajstić information content (AvgIpc) is 2.10. The van der Waals surface area contributed by atoms with Gasteiger partial charge in [-0.3, -0.25) is 0 Å². The zero-order valence-corrected chi connectivity index (χ0v) is 7.76. The van der Waals surface area contributed by atoms with Crippen molar-refractivity contribution >= 4 is 0 Å². The molecular formula is C8H18FNO. The highest BCUT2D eigenvalue weighted by Gasteiger charge is 2.40. The standard InChI is InChI=1S/C6H12FNO.C2H6/c1-6(7)4-8(2)3-5(6)9;1-2/h5,9H,3-4H2,1-2H3;1-2H3. The van der Waals surface area contributed by atoms with Crippen molar-refractivity contribution in [3.8, 4) is 0 Å². The van der Waals surface area contributed by atoms with E-state index >= 15 is 0 Å². The second kappa shape index (κ2) is 4.02. The minimum atomic E-state index is -1.39. The summed E-state index contributed by atoms with van der Waals surface area (Å²) in [6.07, 6.45) is -0.803. The van der Waals surface area contributed by atoms with Crippen molar-refractivity contribution in [1.82, 2.24) is 4.90 Å². The molecule has 0 amide bonds. The van der Waals surface area contributed by atoms with Crippen LogP contribution >= 0.6 is 0 Å². The SMILES string of the molecule is CC.CN1CC(O)C(C)(F)C1. The van der Waals surface area contributed by atoms with Crippen molar-refractivity contribution < 1.29 is 9.50 Å². The maximum atomic E-state index is 13.0. The first-order valence-corrected chi connectivity index (χ1v) is 4.08. The summed E-state index contributed by atoms with van der Waals surface area (Å²) in [5.41, 5.74) is -1.39. The lowest BCUT2D eigenvalue weighted by atomic mass is 10.1. The minimum Gasteiger partial charge on any atom is -0.388 e. The van der Waals surface area contributed by atoms with Gasteiger partial charge in [-0.1, -0.05) is 13.8 Å². The van der Waals surface area contributed by atoms with Gasteiger partial charge in [0.25, 0.3) is 0 Å². The summed E-state index contributed by atoms with van der Waals surface area (Å²) < 4.78 is 13.0. The van der Waals surface area contributed by atoms with Gasteiger partial charge in [-0.05, 0) is 14.0 Å². The lowest BCUT2D eigenvalue weighted by molar-refractivity contribution is 0.0459. The number of likely N-dealkylation sites (tertiary alicyclic amines) is 1. The highest BCUT2D eigenvalue weighted by atomic mass is 19.1. The van der Waals surface area contributed by atoms with E-state index in [0.717, 1.165) is 0 Å². The minimum absolute atomic E-state index is 0.341. The van der Waals surface area contributed by atoms with Crippen LogP contribution in [0.25, 0.3) is 0 Å². The van der Waals surface area contributed by atoms with Crippen LogP contribution in [0.3, 0.4) is 0 Å². The molecular weight excluding hydrogens is 145 g/mol. The maximum Gasteiger partial charge on any atom is 0.147 e. The molecule has 2 unspecified atom stereocenters. The number of aliphatic hydroxyl groups is 1. The number of hydrogen-bond donors (Lipinski definition) is 1. The molecule has 0 aliphatic carbocycles. The number of alkyl halides is 1. The van der Waals surface area contributed by atoms with Gasteiger partial charge in [-0.25, -0.2) is 4.39 Å². The fourth-order valence-electron chi connectivity index (χ4n) is 1.18. The van der Waals surface area contributed by atoms with Crippen molar-refractivity contribution in [2.75, 3.05) is 20.1 Å². The third-order valence-electron chi connectivity index (χ3n) is 1.76. The van der Waals surface area contributed by atoms with Crippen molar-refractivity contribution in [3.63, 3.8) is 0 Å². The lowest BCUT2D eigenvalue weighted by Gasteiger charge is -2.15. The van der Waals surface area contributed by atoms with Crippen LogP contribution < -0.4 is 0 Å². The number of rotatable bonds is 0. The van der Waals surface area contributed by atoms with Crippen LogP contribution in [-0.2, 0) is 0 Å². The molecule has 2 nitrogen and oxygen atoms in total. The van der Waals surface area contributed by atoms with Crippen molar-refractivity contribution in [2.45, 2.75) is 32.5 Å². The summed E-state index contributed by atoms with van der Waals surface area (Å²) >= 11 is 0. The fourth-order valence-corrected chi connectivity index (χ4v) is 1.18. The highest BCUT2D eigenvalue weighted by Crippen LogP contribution is 2.23. The first-order chi connectivity index (χ1) is 5.02. The third-order valence-corrected chi connectivity index (χ3v) is 1.76. The number of hydrogen-bond acceptors (Lipinski definition) is 2. The zero-order chi connectivity index (χ0) is 9.07. The highest BCUT2D eigenvalue weighted by molar-refractivity contribution is 4.93. The molecule has 3 heteroatoms. The summed E-state index contributed by atoms with van der Waals surface area (Å²) in [5.74, 6) is 0. The number of β-amino-alcohol motifs (C(OH)–C–C–N with tert-alkyl or cyclic N) is 1. The molecule has 1 N–H and O–H groups in total. The smallest absolute Gasteiger partial charge is 0.147 e. The molecule has 1 fully saturated rings. The number of likely N-dealkylation sites (N-methyl/N-ethyl adjacent to an activating group) is 1. The van der Waals surface area contributed by atoms with Crippen LogP contribution in [0, 0.1) is 0 Å². The predicted molar refractivity (Wildman–Crippen MR) is 44.4 cm³/mol. The normalized spacial score (nSPS) is 38.2. The molecule has 0 aromatic carbocycles. The Kier molecular flexibility index (Phi) is 3.97. The Morgan fingerprint density at radius 1 is 1.55 bits per heavy atom. The molecule has 0 saturated carbocycles. The molecule has 68 valence electrons. The molecule has 1 saturated heterocycles. The molecule has 1 aliphatic rings. The Balaban J connectivity index is 0.000000461. The first-order valence-electron chi connectivity index (χ1n) is 4.08. The molecule has 2 atom stereocenters. The Morgan fingerprint density at radius 3 is 2.09 bits per heavy atom. The van der Waals surface area contributed by atoms with Crippen LogP contribution in [0.4, 0.5) is 4.39 Å². The molecule has 0 bridgehead atoms. The van der Waals surface area contributed by atoms with Gasteiger partial charge in [-0.15, -0.1) is 0 Å². The van der Waals surface area contributed by atoms with Crippen molar-refractivity contribution in [1.29, 1.82) is 0 Å². The van der Waals surface area contributed by atoms with Crippen LogP contribution in [0.5, 0.6) is 0 Å². The van der Waals surface area contributed by atoms with E-state index in [1.807, 2.05) is 13.8 Å². The summed E-state index contributed by atoms with van der Waals surface area (Å²) in [7, 11) is 1.80. The maximum absolute atomic E-state index is 13.0. The number of nitrogens with zero attached hydrogens (tertiary/aromatic N) is 1. The van der Waals surface area contributed by atoms with E-state index in [1.54, 1.807) is 11.9 Å². The van der Waals surface area contributed by atoms with E-state index in [0.29, 0.717) is 13.1 Å². The summed E-state index contributed by atoms with van der Waals surface area (Å²) in [6, 6.07) is 0. The largest absolute Gasteiger partial charge is 0.388 e. The average molecular weight is 163 g/mol. The van der Waals surface area contributed by atoms with E-state index in [1.165, 1.54) is 6.92 Å². The van der Waals surface area contributed by atoms with E-state index in [4.69, 9.17) is 5.11 Å². The van der Waals surface area contributed by atoms with Crippen LogP contribution in [0.15, 0.2) is 0 Å². The molecule has 0 spiro atoms. The number of halogens is 1. The Labute approximate surface area is 68.0 Å². The van der Waals surface area contributed by atoms with E-state index in [-0.39, 0.29) is 0 Å². The van der Waals surface area contributed by atoms with Gasteiger partial charge >= 0.3 is 0 Å². The lowest BCUT2D eigenvalue weighted by Crippen LogP contribution is -2.32. The number of aliphatic hydroxyl groups excluding tert-OH is 1. The summed E-state index contributed by atoms with van der Waals surface area (Å²) in [5, 5.41) is 9.01. The first kappa shape index (κ1) is 10.8. The summed E-state index contributed by atoms with van der Waals surface area (Å²) in [6.45, 7) is 6.22. The van der Waals surface area contributed by atoms with Gasteiger partial charge in [0.2, 0.25) is 0 Å². The zero-order valence-electron chi connectivity index (χ0n) is 7.76. The molecule has 1 rings (SSSR count). The van der Waals surface area contributed by atoms with Crippen LogP contribution in [-0.4, -0.2) is 41.9 Å². The molecule has 11 heavy (non-hydrogen) atoms. The Bertz CT molecular complexity index is 117. The van der Waals surface area contributed by atoms with Gasteiger partial charge in [-0.2, -0.15) is 0 Å². The second-order valence-corrected chi connectivity index (χ2v) is 2.99. The molecule has 0 radical (unpaired) electrons. The quantitative estimate of drug-likeness (QED) is 0.577. The Morgan fingerprint density at radius 2 is 2.00 bits per heavy atom. The van der Waals surface area contributed by atoms with Crippen LogP contribution in [0.1, 0.15) is 20.8 Å². The molecule has 0 aromatic heterocycles. The molecule has 1 heterocycles. The molecule has 1 aliphatic heterocycles. The van der Waals surface area contributed by atoms with Gasteiger partial charge in [0, 0.05) is 13.1 Å². The van der Waals surface area contributed by atoms with Gasteiger partial charge in [0.05, 0.1) is 0 Å². The van der Waals surface area contributed by atoms with Crippen LogP contribution in [0.2, 0.25) is 0 Å². The van der Waals surface area contributed by atoms with Gasteiger partial charge in [0.1, 0.15) is 11.8 Å². The van der Waals surface area contributed by atoms with Gasteiger partial charge < -0.3 is 10.0 Å². The Hall–Kier alpha value is -0.150. The van der Waals surface area contributed by atoms with E-state index < -0.39 is 11.8 Å². The second-order valence-electron chi connectivity index (χ2n) is 2.99. The monoisotopic (exact) mass is 163 g/mol. The topological polar surface area (TPSA) is 23.5 Å². The van der Waals surface area contributed by atoms with Crippen molar-refractivity contribution in [2.24, 2.45) is 0 Å². The predicted octanol–water partition coefficient (Wildman–Crippen LogP) is 1.05. The van der Waals surface area contributed by atoms with Crippen molar-refractivity contribution in [3.05, 3.63) is 0 Å².